The van der Waals surface area contributed by atoms with Gasteiger partial charge >= 0.3 is 0 Å². The Morgan fingerprint density at radius 1 is 1.36 bits per heavy atom. The molecular formula is C13H16O. The summed E-state index contributed by atoms with van der Waals surface area (Å²) < 4.78 is 0. The molecule has 1 aromatic rings. The van der Waals surface area contributed by atoms with Crippen molar-refractivity contribution in [3.8, 4) is 0 Å². The van der Waals surface area contributed by atoms with Gasteiger partial charge in [0.1, 0.15) is 6.29 Å². The molecule has 0 aliphatic rings. The first-order valence-corrected chi connectivity index (χ1v) is 4.87. The third kappa shape index (κ3) is 2.56. The third-order valence-electron chi connectivity index (χ3n) is 2.33. The molecule has 0 unspecified atom stereocenters. The second-order valence-corrected chi connectivity index (χ2v) is 3.77. The molecule has 0 fully saturated rings. The number of hydrogen-bond donors (Lipinski definition) is 0. The Hall–Kier alpha value is -1.37. The Kier molecular flexibility index (Phi) is 3.63. The Balaban J connectivity index is 3.05. The molecule has 0 saturated heterocycles. The molecule has 0 aromatic heterocycles. The van der Waals surface area contributed by atoms with E-state index in [0.717, 1.165) is 17.4 Å². The van der Waals surface area contributed by atoms with Gasteiger partial charge in [-0.15, -0.1) is 0 Å². The predicted molar refractivity (Wildman–Crippen MR) is 60.2 cm³/mol. The van der Waals surface area contributed by atoms with Crippen LogP contribution in [-0.2, 0) is 4.79 Å². The summed E-state index contributed by atoms with van der Waals surface area (Å²) >= 11 is 0. The second-order valence-electron chi connectivity index (χ2n) is 3.77. The van der Waals surface area contributed by atoms with Crippen LogP contribution in [0, 0.1) is 0 Å². The lowest BCUT2D eigenvalue weighted by molar-refractivity contribution is -0.104. The number of allylic oxidation sites excluding steroid dienone is 2. The fraction of sp³-hybridized carbons (Fsp3) is 0.308. The summed E-state index contributed by atoms with van der Waals surface area (Å²) in [5, 5.41) is 0. The van der Waals surface area contributed by atoms with E-state index in [1.165, 1.54) is 5.56 Å². The Bertz CT molecular complexity index is 348. The maximum Gasteiger partial charge on any atom is 0.143 e. The van der Waals surface area contributed by atoms with Crippen molar-refractivity contribution < 1.29 is 4.79 Å². The Morgan fingerprint density at radius 2 is 2.07 bits per heavy atom. The van der Waals surface area contributed by atoms with Gasteiger partial charge in [-0.1, -0.05) is 38.1 Å². The first-order valence-electron chi connectivity index (χ1n) is 4.87. The summed E-state index contributed by atoms with van der Waals surface area (Å²) in [6.45, 7) is 6.28. The van der Waals surface area contributed by atoms with Crippen molar-refractivity contribution in [3.63, 3.8) is 0 Å². The molecule has 0 aliphatic heterocycles. The van der Waals surface area contributed by atoms with Crippen molar-refractivity contribution in [3.05, 3.63) is 41.5 Å². The molecule has 1 aromatic carbocycles. The maximum atomic E-state index is 10.3. The Labute approximate surface area is 85.5 Å². The number of carbonyl (C=O) groups excluding carboxylic acids is 1. The van der Waals surface area contributed by atoms with Crippen LogP contribution in [0.1, 0.15) is 37.8 Å². The summed E-state index contributed by atoms with van der Waals surface area (Å²) in [4.78, 5) is 10.3. The van der Waals surface area contributed by atoms with Crippen LogP contribution >= 0.6 is 0 Å². The third-order valence-corrected chi connectivity index (χ3v) is 2.33. The molecule has 0 aliphatic carbocycles. The zero-order valence-corrected chi connectivity index (χ0v) is 8.95. The predicted octanol–water partition coefficient (Wildman–Crippen LogP) is 3.41. The smallest absolute Gasteiger partial charge is 0.143 e. The van der Waals surface area contributed by atoms with E-state index < -0.39 is 0 Å². The first-order chi connectivity index (χ1) is 6.65. The number of carbonyl (C=O) groups is 1. The molecule has 1 rings (SSSR count). The summed E-state index contributed by atoms with van der Waals surface area (Å²) in [5.41, 5.74) is 3.45. The average molecular weight is 188 g/mol. The van der Waals surface area contributed by atoms with E-state index in [1.807, 2.05) is 19.1 Å². The van der Waals surface area contributed by atoms with Gasteiger partial charge in [-0.25, -0.2) is 0 Å². The first kappa shape index (κ1) is 10.7. The standard InChI is InChI=1S/C13H16O/c1-10(2)12-5-4-6-13(9-12)11(3)7-8-14/h4-10H,1-3H3/b11-7+. The zero-order chi connectivity index (χ0) is 10.6. The summed E-state index contributed by atoms with van der Waals surface area (Å²) in [5.74, 6) is 0.527. The topological polar surface area (TPSA) is 17.1 Å². The largest absolute Gasteiger partial charge is 0.299 e. The Morgan fingerprint density at radius 3 is 2.64 bits per heavy atom. The van der Waals surface area contributed by atoms with Gasteiger partial charge in [-0.2, -0.15) is 0 Å². The van der Waals surface area contributed by atoms with Crippen molar-refractivity contribution in [2.75, 3.05) is 0 Å². The van der Waals surface area contributed by atoms with Crippen molar-refractivity contribution in [2.45, 2.75) is 26.7 Å². The van der Waals surface area contributed by atoms with Crippen molar-refractivity contribution in [2.24, 2.45) is 0 Å². The fourth-order valence-electron chi connectivity index (χ4n) is 1.34. The van der Waals surface area contributed by atoms with Gasteiger partial charge in [0.05, 0.1) is 0 Å². The number of rotatable bonds is 3. The molecule has 1 heteroatoms. The van der Waals surface area contributed by atoms with Gasteiger partial charge in [0.2, 0.25) is 0 Å². The van der Waals surface area contributed by atoms with Crippen LogP contribution in [0.15, 0.2) is 30.3 Å². The highest BCUT2D eigenvalue weighted by atomic mass is 16.1. The molecule has 0 amide bonds. The lowest BCUT2D eigenvalue weighted by Crippen LogP contribution is -1.89. The minimum Gasteiger partial charge on any atom is -0.299 e. The van der Waals surface area contributed by atoms with E-state index in [9.17, 15) is 4.79 Å². The van der Waals surface area contributed by atoms with E-state index >= 15 is 0 Å². The van der Waals surface area contributed by atoms with E-state index in [4.69, 9.17) is 0 Å². The van der Waals surface area contributed by atoms with Crippen LogP contribution in [0.3, 0.4) is 0 Å². The van der Waals surface area contributed by atoms with E-state index in [0.29, 0.717) is 5.92 Å². The number of hydrogen-bond acceptors (Lipinski definition) is 1. The number of aldehydes is 1. The molecule has 0 N–H and O–H groups in total. The summed E-state index contributed by atoms with van der Waals surface area (Å²) in [7, 11) is 0. The molecular weight excluding hydrogens is 172 g/mol. The monoisotopic (exact) mass is 188 g/mol. The lowest BCUT2D eigenvalue weighted by Gasteiger charge is -2.07. The highest BCUT2D eigenvalue weighted by Crippen LogP contribution is 2.19. The molecule has 0 spiro atoms. The van der Waals surface area contributed by atoms with Crippen molar-refractivity contribution in [1.82, 2.24) is 0 Å². The second kappa shape index (κ2) is 4.75. The minimum atomic E-state index is 0.527. The average Bonchev–Trinajstić information content (AvgIpc) is 2.18. The van der Waals surface area contributed by atoms with Gasteiger partial charge in [0.25, 0.3) is 0 Å². The van der Waals surface area contributed by atoms with Crippen LogP contribution in [0.4, 0.5) is 0 Å². The fourth-order valence-corrected chi connectivity index (χ4v) is 1.34. The van der Waals surface area contributed by atoms with E-state index in [1.54, 1.807) is 6.08 Å². The molecule has 74 valence electrons. The van der Waals surface area contributed by atoms with E-state index in [-0.39, 0.29) is 0 Å². The highest BCUT2D eigenvalue weighted by molar-refractivity contribution is 5.80. The molecule has 0 radical (unpaired) electrons. The minimum absolute atomic E-state index is 0.527. The highest BCUT2D eigenvalue weighted by Gasteiger charge is 2.00. The van der Waals surface area contributed by atoms with Gasteiger partial charge < -0.3 is 0 Å². The summed E-state index contributed by atoms with van der Waals surface area (Å²) in [6, 6.07) is 8.32. The van der Waals surface area contributed by atoms with Crippen LogP contribution in [0.25, 0.3) is 5.57 Å². The number of benzene rings is 1. The molecule has 14 heavy (non-hydrogen) atoms. The van der Waals surface area contributed by atoms with Crippen LogP contribution < -0.4 is 0 Å². The molecule has 0 bridgehead atoms. The quantitative estimate of drug-likeness (QED) is 0.524. The van der Waals surface area contributed by atoms with Gasteiger partial charge in [-0.05, 0) is 35.6 Å². The van der Waals surface area contributed by atoms with Gasteiger partial charge in [0.15, 0.2) is 0 Å². The normalized spacial score (nSPS) is 11.9. The summed E-state index contributed by atoms with van der Waals surface area (Å²) in [6.07, 6.45) is 2.43. The molecule has 0 atom stereocenters. The van der Waals surface area contributed by atoms with Gasteiger partial charge in [-0.3, -0.25) is 4.79 Å². The van der Waals surface area contributed by atoms with Crippen LogP contribution in [0.2, 0.25) is 0 Å². The SMILES string of the molecule is C/C(=C\C=O)c1cccc(C(C)C)c1. The van der Waals surface area contributed by atoms with Crippen molar-refractivity contribution in [1.29, 1.82) is 0 Å². The lowest BCUT2D eigenvalue weighted by atomic mass is 9.98. The van der Waals surface area contributed by atoms with E-state index in [2.05, 4.69) is 26.0 Å². The molecule has 0 saturated carbocycles. The van der Waals surface area contributed by atoms with Crippen LogP contribution in [0.5, 0.6) is 0 Å². The van der Waals surface area contributed by atoms with Crippen LogP contribution in [-0.4, -0.2) is 6.29 Å². The molecule has 0 heterocycles. The van der Waals surface area contributed by atoms with Gasteiger partial charge in [0, 0.05) is 0 Å². The maximum absolute atomic E-state index is 10.3. The zero-order valence-electron chi connectivity index (χ0n) is 8.95. The van der Waals surface area contributed by atoms with Crippen molar-refractivity contribution >= 4 is 11.9 Å². The molecule has 1 nitrogen and oxygen atoms in total.